The standard InChI is InChI=1S/C19H22BrNO4/c1-2-24-16-8-7-14(20)11-15(16)18(17-6-4-10-25-17)21-9-3-5-13(12-21)19(22)23/h4,6-8,10-11,13,18H,2-3,5,9,12H2,1H3,(H,22,23). The first kappa shape index (κ1) is 18.0. The highest BCUT2D eigenvalue weighted by atomic mass is 79.9. The van der Waals surface area contributed by atoms with Gasteiger partial charge in [0.1, 0.15) is 11.5 Å². The molecule has 0 radical (unpaired) electrons. The van der Waals surface area contributed by atoms with Gasteiger partial charge in [-0.25, -0.2) is 0 Å². The number of likely N-dealkylation sites (tertiary alicyclic amines) is 1. The van der Waals surface area contributed by atoms with Gasteiger partial charge in [-0.2, -0.15) is 0 Å². The third-order valence-electron chi connectivity index (χ3n) is 4.55. The highest BCUT2D eigenvalue weighted by Gasteiger charge is 2.34. The second-order valence-electron chi connectivity index (χ2n) is 6.21. The molecule has 1 aromatic carbocycles. The number of halogens is 1. The molecule has 2 unspecified atom stereocenters. The summed E-state index contributed by atoms with van der Waals surface area (Å²) in [4.78, 5) is 13.7. The van der Waals surface area contributed by atoms with Crippen LogP contribution in [0.15, 0.2) is 45.5 Å². The van der Waals surface area contributed by atoms with E-state index in [2.05, 4.69) is 20.8 Å². The van der Waals surface area contributed by atoms with Gasteiger partial charge in [0.05, 0.1) is 24.8 Å². The van der Waals surface area contributed by atoms with E-state index in [-0.39, 0.29) is 12.0 Å². The molecule has 1 aliphatic heterocycles. The van der Waals surface area contributed by atoms with E-state index in [1.165, 1.54) is 0 Å². The second-order valence-corrected chi connectivity index (χ2v) is 7.12. The van der Waals surface area contributed by atoms with Crippen LogP contribution in [0.2, 0.25) is 0 Å². The van der Waals surface area contributed by atoms with Gasteiger partial charge in [-0.1, -0.05) is 15.9 Å². The Balaban J connectivity index is 2.02. The Bertz CT molecular complexity index is 716. The topological polar surface area (TPSA) is 62.9 Å². The number of hydrogen-bond acceptors (Lipinski definition) is 4. The molecule has 1 saturated heterocycles. The van der Waals surface area contributed by atoms with Crippen molar-refractivity contribution in [2.45, 2.75) is 25.8 Å². The molecular formula is C19H22BrNO4. The molecule has 3 rings (SSSR count). The molecule has 5 nitrogen and oxygen atoms in total. The molecule has 25 heavy (non-hydrogen) atoms. The Labute approximate surface area is 155 Å². The molecule has 0 bridgehead atoms. The Hall–Kier alpha value is -1.79. The average molecular weight is 408 g/mol. The number of furan rings is 1. The number of carboxylic acid groups (broad SMARTS) is 1. The second kappa shape index (κ2) is 8.06. The molecule has 134 valence electrons. The molecule has 1 fully saturated rings. The van der Waals surface area contributed by atoms with E-state index in [9.17, 15) is 9.90 Å². The van der Waals surface area contributed by atoms with Crippen molar-refractivity contribution in [2.24, 2.45) is 5.92 Å². The summed E-state index contributed by atoms with van der Waals surface area (Å²) in [7, 11) is 0. The van der Waals surface area contributed by atoms with Crippen LogP contribution in [0, 0.1) is 5.92 Å². The first-order valence-electron chi connectivity index (χ1n) is 8.52. The molecule has 2 atom stereocenters. The molecule has 2 heterocycles. The fourth-order valence-corrected chi connectivity index (χ4v) is 3.82. The largest absolute Gasteiger partial charge is 0.494 e. The van der Waals surface area contributed by atoms with Gasteiger partial charge in [0, 0.05) is 16.6 Å². The van der Waals surface area contributed by atoms with Gasteiger partial charge in [-0.05, 0) is 56.6 Å². The number of hydrogen-bond donors (Lipinski definition) is 1. The van der Waals surface area contributed by atoms with Crippen molar-refractivity contribution in [1.82, 2.24) is 4.90 Å². The smallest absolute Gasteiger partial charge is 0.307 e. The summed E-state index contributed by atoms with van der Waals surface area (Å²) in [5, 5.41) is 9.44. The van der Waals surface area contributed by atoms with Crippen LogP contribution < -0.4 is 4.74 Å². The summed E-state index contributed by atoms with van der Waals surface area (Å²) >= 11 is 3.54. The summed E-state index contributed by atoms with van der Waals surface area (Å²) in [6, 6.07) is 9.55. The molecule has 0 saturated carbocycles. The molecule has 1 aromatic heterocycles. The quantitative estimate of drug-likeness (QED) is 0.771. The van der Waals surface area contributed by atoms with Crippen LogP contribution in [0.5, 0.6) is 5.75 Å². The van der Waals surface area contributed by atoms with Crippen LogP contribution in [0.4, 0.5) is 0 Å². The van der Waals surface area contributed by atoms with Crippen molar-refractivity contribution in [1.29, 1.82) is 0 Å². The lowest BCUT2D eigenvalue weighted by molar-refractivity contribution is -0.143. The number of carboxylic acids is 1. The van der Waals surface area contributed by atoms with Gasteiger partial charge < -0.3 is 14.3 Å². The SMILES string of the molecule is CCOc1ccc(Br)cc1C(c1ccco1)N1CCCC(C(=O)O)C1. The predicted octanol–water partition coefficient (Wildman–Crippen LogP) is 4.33. The van der Waals surface area contributed by atoms with Crippen molar-refractivity contribution in [3.8, 4) is 5.75 Å². The first-order valence-corrected chi connectivity index (χ1v) is 9.32. The molecule has 6 heteroatoms. The van der Waals surface area contributed by atoms with Crippen molar-refractivity contribution in [3.05, 3.63) is 52.4 Å². The fourth-order valence-electron chi connectivity index (χ4n) is 3.44. The van der Waals surface area contributed by atoms with Crippen LogP contribution in [-0.4, -0.2) is 35.7 Å². The fraction of sp³-hybridized carbons (Fsp3) is 0.421. The summed E-state index contributed by atoms with van der Waals surface area (Å²) in [6.45, 7) is 3.85. The van der Waals surface area contributed by atoms with Crippen molar-refractivity contribution in [2.75, 3.05) is 19.7 Å². The summed E-state index contributed by atoms with van der Waals surface area (Å²) in [6.07, 6.45) is 3.22. The normalized spacial score (nSPS) is 19.5. The van der Waals surface area contributed by atoms with Crippen molar-refractivity contribution < 1.29 is 19.1 Å². The minimum Gasteiger partial charge on any atom is -0.494 e. The van der Waals surface area contributed by atoms with E-state index in [1.54, 1.807) is 6.26 Å². The van der Waals surface area contributed by atoms with E-state index < -0.39 is 5.97 Å². The Morgan fingerprint density at radius 1 is 1.48 bits per heavy atom. The average Bonchev–Trinajstić information content (AvgIpc) is 3.12. The van der Waals surface area contributed by atoms with Gasteiger partial charge in [-0.15, -0.1) is 0 Å². The van der Waals surface area contributed by atoms with Crippen LogP contribution in [0.25, 0.3) is 0 Å². The maximum absolute atomic E-state index is 11.5. The molecule has 0 spiro atoms. The third-order valence-corrected chi connectivity index (χ3v) is 5.04. The minimum absolute atomic E-state index is 0.170. The van der Waals surface area contributed by atoms with Crippen LogP contribution in [0.3, 0.4) is 0 Å². The first-order chi connectivity index (χ1) is 12.1. The highest BCUT2D eigenvalue weighted by molar-refractivity contribution is 9.10. The Morgan fingerprint density at radius 2 is 2.32 bits per heavy atom. The minimum atomic E-state index is -0.734. The lowest BCUT2D eigenvalue weighted by atomic mass is 9.93. The van der Waals surface area contributed by atoms with Crippen LogP contribution in [-0.2, 0) is 4.79 Å². The summed E-state index contributed by atoms with van der Waals surface area (Å²) in [5.41, 5.74) is 0.984. The number of aliphatic carboxylic acids is 1. The number of nitrogens with zero attached hydrogens (tertiary/aromatic N) is 1. The molecule has 2 aromatic rings. The lowest BCUT2D eigenvalue weighted by Gasteiger charge is -2.36. The third kappa shape index (κ3) is 4.07. The number of piperidine rings is 1. The zero-order valence-corrected chi connectivity index (χ0v) is 15.7. The van der Waals surface area contributed by atoms with Gasteiger partial charge in [0.25, 0.3) is 0 Å². The highest BCUT2D eigenvalue weighted by Crippen LogP contribution is 2.38. The van der Waals surface area contributed by atoms with Crippen molar-refractivity contribution in [3.63, 3.8) is 0 Å². The van der Waals surface area contributed by atoms with Gasteiger partial charge in [0.15, 0.2) is 0 Å². The van der Waals surface area contributed by atoms with E-state index in [0.29, 0.717) is 19.6 Å². The Morgan fingerprint density at radius 3 is 3.00 bits per heavy atom. The van der Waals surface area contributed by atoms with E-state index in [0.717, 1.165) is 34.5 Å². The van der Waals surface area contributed by atoms with E-state index in [1.807, 2.05) is 37.3 Å². The number of ether oxygens (including phenoxy) is 1. The number of benzene rings is 1. The van der Waals surface area contributed by atoms with Gasteiger partial charge in [0.2, 0.25) is 0 Å². The predicted molar refractivity (Wildman–Crippen MR) is 97.8 cm³/mol. The maximum Gasteiger partial charge on any atom is 0.307 e. The maximum atomic E-state index is 11.5. The van der Waals surface area contributed by atoms with Crippen LogP contribution >= 0.6 is 15.9 Å². The van der Waals surface area contributed by atoms with E-state index in [4.69, 9.17) is 9.15 Å². The summed E-state index contributed by atoms with van der Waals surface area (Å²) < 4.78 is 12.5. The van der Waals surface area contributed by atoms with Crippen LogP contribution in [0.1, 0.15) is 37.1 Å². The monoisotopic (exact) mass is 407 g/mol. The molecule has 1 aliphatic rings. The van der Waals surface area contributed by atoms with Gasteiger partial charge in [-0.3, -0.25) is 9.69 Å². The molecule has 0 aliphatic carbocycles. The molecule has 0 amide bonds. The van der Waals surface area contributed by atoms with Gasteiger partial charge >= 0.3 is 5.97 Å². The summed E-state index contributed by atoms with van der Waals surface area (Å²) in [5.74, 6) is 0.505. The number of carbonyl (C=O) groups is 1. The number of rotatable bonds is 6. The van der Waals surface area contributed by atoms with Crippen molar-refractivity contribution >= 4 is 21.9 Å². The zero-order valence-electron chi connectivity index (χ0n) is 14.2. The molecule has 1 N–H and O–H groups in total. The zero-order chi connectivity index (χ0) is 17.8. The molecular weight excluding hydrogens is 386 g/mol. The Kier molecular flexibility index (Phi) is 5.81. The lowest BCUT2D eigenvalue weighted by Crippen LogP contribution is -2.41. The van der Waals surface area contributed by atoms with E-state index >= 15 is 0 Å².